The fraction of sp³-hybridized carbons (Fsp3) is 0.619. The highest BCUT2D eigenvalue weighted by atomic mass is 35.5. The summed E-state index contributed by atoms with van der Waals surface area (Å²) in [6.45, 7) is 6.95. The van der Waals surface area contributed by atoms with Crippen LogP contribution in [0.1, 0.15) is 121 Å². The van der Waals surface area contributed by atoms with Crippen LogP contribution < -0.4 is 0 Å². The average molecular weight is 848 g/mol. The first kappa shape index (κ1) is 45.0. The van der Waals surface area contributed by atoms with Crippen molar-refractivity contribution in [2.24, 2.45) is 0 Å². The standard InChI is InChI=1S/C42H53NO15.ClH/c1-8-42(51)17-28(33-22(35(42)41(50)52-7)14-23-34(38(33)49)37(48)32-21(36(23)47)10-9-11-26(32)45)56-30-15-24(43(5)6)39(19(3)54-30)58-31-16-27(46)40(20(4)55-31)57-29-13-12-25(44)18(2)53-29;/h9-11,14,18-20,24,27-31,35,39-40,45-46,49,51H,8,12-13,15-17H2,1-7H3;1H/t18?,19?,20?,24-,27-,28+,29+,30+,31+,35+,39-,40-,42-;/m1./s1. The van der Waals surface area contributed by atoms with Gasteiger partial charge in [-0.05, 0) is 59.0 Å². The number of ether oxygens (including phenoxy) is 7. The first-order valence-electron chi connectivity index (χ1n) is 19.9. The molecule has 324 valence electrons. The van der Waals surface area contributed by atoms with E-state index in [2.05, 4.69) is 0 Å². The van der Waals surface area contributed by atoms with Crippen LogP contribution in [0.2, 0.25) is 0 Å². The lowest BCUT2D eigenvalue weighted by atomic mass is 9.67. The molecule has 13 atom stereocenters. The van der Waals surface area contributed by atoms with Gasteiger partial charge >= 0.3 is 5.97 Å². The Morgan fingerprint density at radius 2 is 1.56 bits per heavy atom. The fourth-order valence-electron chi connectivity index (χ4n) is 9.27. The van der Waals surface area contributed by atoms with Gasteiger partial charge in [0.1, 0.15) is 35.7 Å². The topological polar surface area (TPSA) is 217 Å². The number of nitrogens with zero attached hydrogens (tertiary/aromatic N) is 1. The number of methoxy groups -OCH3 is 1. The summed E-state index contributed by atoms with van der Waals surface area (Å²) >= 11 is 0. The molecule has 5 aliphatic rings. The van der Waals surface area contributed by atoms with E-state index in [9.17, 15) is 39.6 Å². The van der Waals surface area contributed by atoms with E-state index in [1.54, 1.807) is 27.7 Å². The summed E-state index contributed by atoms with van der Waals surface area (Å²) < 4.78 is 42.6. The molecule has 0 bridgehead atoms. The maximum Gasteiger partial charge on any atom is 0.316 e. The third kappa shape index (κ3) is 8.16. The molecule has 0 radical (unpaired) electrons. The quantitative estimate of drug-likeness (QED) is 0.226. The molecule has 2 aliphatic carbocycles. The molecule has 3 fully saturated rings. The van der Waals surface area contributed by atoms with Crippen LogP contribution in [0.15, 0.2) is 24.3 Å². The Morgan fingerprint density at radius 1 is 0.898 bits per heavy atom. The van der Waals surface area contributed by atoms with Gasteiger partial charge in [0.05, 0.1) is 48.3 Å². The molecule has 4 N–H and O–H groups in total. The lowest BCUT2D eigenvalue weighted by Gasteiger charge is -2.48. The number of aromatic hydroxyl groups is 2. The van der Waals surface area contributed by atoms with Crippen molar-refractivity contribution in [2.75, 3.05) is 21.2 Å². The highest BCUT2D eigenvalue weighted by Crippen LogP contribution is 2.54. The Kier molecular flexibility index (Phi) is 13.3. The Labute approximate surface area is 348 Å². The number of carbonyl (C=O) groups excluding carboxylic acids is 4. The zero-order valence-corrected chi connectivity index (χ0v) is 34.9. The van der Waals surface area contributed by atoms with Crippen molar-refractivity contribution in [2.45, 2.75) is 145 Å². The molecule has 3 heterocycles. The van der Waals surface area contributed by atoms with Crippen molar-refractivity contribution in [1.82, 2.24) is 4.90 Å². The van der Waals surface area contributed by atoms with Gasteiger partial charge in [-0.2, -0.15) is 0 Å². The zero-order chi connectivity index (χ0) is 42.0. The summed E-state index contributed by atoms with van der Waals surface area (Å²) in [6.07, 6.45) is -6.64. The minimum absolute atomic E-state index is 0. The summed E-state index contributed by atoms with van der Waals surface area (Å²) in [5.74, 6) is -4.59. The van der Waals surface area contributed by atoms with Gasteiger partial charge in [0, 0.05) is 54.8 Å². The van der Waals surface area contributed by atoms with Crippen molar-refractivity contribution in [3.05, 3.63) is 57.6 Å². The molecule has 3 aliphatic heterocycles. The van der Waals surface area contributed by atoms with Gasteiger partial charge < -0.3 is 58.5 Å². The van der Waals surface area contributed by atoms with Gasteiger partial charge in [-0.1, -0.05) is 19.1 Å². The molecule has 0 saturated carbocycles. The number of likely N-dealkylation sites (N-methyl/N-ethyl adjacent to an activating group) is 1. The predicted molar refractivity (Wildman–Crippen MR) is 208 cm³/mol. The third-order valence-electron chi connectivity index (χ3n) is 12.4. The second-order valence-electron chi connectivity index (χ2n) is 16.3. The fourth-order valence-corrected chi connectivity index (χ4v) is 9.27. The molecular formula is C42H54ClNO15. The van der Waals surface area contributed by atoms with Crippen LogP contribution in [0.25, 0.3) is 0 Å². The lowest BCUT2D eigenvalue weighted by molar-refractivity contribution is -0.324. The molecular weight excluding hydrogens is 794 g/mol. The minimum atomic E-state index is -1.76. The number of Topliss-reactive ketones (excluding diaryl/α,β-unsaturated/α-hetero) is 1. The highest BCUT2D eigenvalue weighted by molar-refractivity contribution is 6.30. The number of rotatable bonds is 9. The van der Waals surface area contributed by atoms with E-state index in [4.69, 9.17) is 33.2 Å². The number of carbonyl (C=O) groups is 4. The number of benzene rings is 2. The molecule has 7 rings (SSSR count). The predicted octanol–water partition coefficient (Wildman–Crippen LogP) is 3.58. The maximum atomic E-state index is 13.9. The Hall–Kier alpha value is -3.55. The average Bonchev–Trinajstić information content (AvgIpc) is 3.17. The molecule has 0 aromatic heterocycles. The molecule has 16 nitrogen and oxygen atoms in total. The molecule has 0 amide bonds. The minimum Gasteiger partial charge on any atom is -0.507 e. The molecule has 2 aromatic carbocycles. The number of hydrogen-bond acceptors (Lipinski definition) is 16. The number of phenols is 2. The number of ketones is 3. The van der Waals surface area contributed by atoms with Gasteiger partial charge in [0.25, 0.3) is 0 Å². The van der Waals surface area contributed by atoms with Crippen LogP contribution in [0, 0.1) is 0 Å². The van der Waals surface area contributed by atoms with Gasteiger partial charge in [0.2, 0.25) is 5.78 Å². The van der Waals surface area contributed by atoms with Gasteiger partial charge in [0.15, 0.2) is 30.4 Å². The number of aliphatic hydroxyl groups is 2. The number of fused-ring (bicyclic) bond motifs is 3. The van der Waals surface area contributed by atoms with Gasteiger partial charge in [-0.3, -0.25) is 19.2 Å². The van der Waals surface area contributed by atoms with Crippen LogP contribution in [0.5, 0.6) is 11.5 Å². The molecule has 2 aromatic rings. The largest absolute Gasteiger partial charge is 0.507 e. The second-order valence-corrected chi connectivity index (χ2v) is 16.3. The van der Waals surface area contributed by atoms with E-state index in [0.29, 0.717) is 12.8 Å². The van der Waals surface area contributed by atoms with Crippen LogP contribution in [0.3, 0.4) is 0 Å². The normalized spacial score (nSPS) is 35.7. The van der Waals surface area contributed by atoms with E-state index in [-0.39, 0.29) is 83.3 Å². The van der Waals surface area contributed by atoms with Crippen molar-refractivity contribution >= 4 is 35.7 Å². The second kappa shape index (κ2) is 17.4. The van der Waals surface area contributed by atoms with E-state index in [1.807, 2.05) is 19.0 Å². The number of halogens is 1. The van der Waals surface area contributed by atoms with E-state index >= 15 is 0 Å². The first-order valence-corrected chi connectivity index (χ1v) is 19.9. The van der Waals surface area contributed by atoms with E-state index in [1.165, 1.54) is 31.4 Å². The lowest BCUT2D eigenvalue weighted by Crippen LogP contribution is -2.58. The van der Waals surface area contributed by atoms with Crippen molar-refractivity contribution in [3.8, 4) is 11.5 Å². The van der Waals surface area contributed by atoms with Crippen molar-refractivity contribution in [3.63, 3.8) is 0 Å². The van der Waals surface area contributed by atoms with Crippen molar-refractivity contribution < 1.29 is 72.8 Å². The van der Waals surface area contributed by atoms with E-state index in [0.717, 1.165) is 0 Å². The number of esters is 1. The summed E-state index contributed by atoms with van der Waals surface area (Å²) in [5, 5.41) is 45.9. The smallest absolute Gasteiger partial charge is 0.316 e. The van der Waals surface area contributed by atoms with Gasteiger partial charge in [-0.25, -0.2) is 0 Å². The third-order valence-corrected chi connectivity index (χ3v) is 12.4. The molecule has 0 spiro atoms. The number of aliphatic hydroxyl groups excluding tert-OH is 1. The molecule has 17 heteroatoms. The Bertz CT molecular complexity index is 1950. The van der Waals surface area contributed by atoms with Crippen molar-refractivity contribution in [1.29, 1.82) is 0 Å². The van der Waals surface area contributed by atoms with Gasteiger partial charge in [-0.15, -0.1) is 12.4 Å². The molecule has 3 saturated heterocycles. The Balaban J connectivity index is 0.00000585. The summed E-state index contributed by atoms with van der Waals surface area (Å²) in [5.41, 5.74) is -2.49. The van der Waals surface area contributed by atoms with Crippen LogP contribution in [0.4, 0.5) is 0 Å². The molecule has 3 unspecified atom stereocenters. The Morgan fingerprint density at radius 3 is 2.19 bits per heavy atom. The number of phenolic OH excluding ortho intramolecular Hbond substituents is 2. The summed E-state index contributed by atoms with van der Waals surface area (Å²) in [7, 11) is 4.91. The van der Waals surface area contributed by atoms with Crippen LogP contribution in [-0.2, 0) is 42.7 Å². The zero-order valence-electron chi connectivity index (χ0n) is 34.1. The molecule has 59 heavy (non-hydrogen) atoms. The van der Waals surface area contributed by atoms with Crippen LogP contribution >= 0.6 is 12.4 Å². The highest BCUT2D eigenvalue weighted by Gasteiger charge is 2.53. The maximum absolute atomic E-state index is 13.9. The van der Waals surface area contributed by atoms with E-state index < -0.39 is 102 Å². The summed E-state index contributed by atoms with van der Waals surface area (Å²) in [4.78, 5) is 55.0. The first-order chi connectivity index (χ1) is 27.5. The SMILES string of the molecule is CC[C@@]1(O)C[C@H](O[C@H]2C[C@@H](N(C)C)[C@H](O[C@H]3C[C@@H](O)[C@H](O[C@H]4CCC(=O)C(C)O4)C(C)O3)C(C)O2)c2c(cc3c(c2O)C(=O)c2c(O)cccc2C3=O)[C@H]1C(=O)OC.Cl. The summed E-state index contributed by atoms with van der Waals surface area (Å²) in [6, 6.07) is 5.11. The monoisotopic (exact) mass is 847 g/mol. The number of hydrogen-bond donors (Lipinski definition) is 4. The van der Waals surface area contributed by atoms with Crippen LogP contribution in [-0.4, -0.2) is 137 Å².